The number of hydrogen-bond acceptors (Lipinski definition) is 4. The maximum Gasteiger partial charge on any atom is 0.323 e. The number of likely N-dealkylation sites (N-methyl/N-ethyl adjacent to an activating group) is 1. The zero-order valence-corrected chi connectivity index (χ0v) is 11.6. The summed E-state index contributed by atoms with van der Waals surface area (Å²) in [7, 11) is 1.57. The van der Waals surface area contributed by atoms with Crippen LogP contribution < -0.4 is 5.32 Å². The van der Waals surface area contributed by atoms with E-state index in [1.54, 1.807) is 24.9 Å². The van der Waals surface area contributed by atoms with Crippen LogP contribution in [0.4, 0.5) is 10.6 Å². The molecule has 7 nitrogen and oxygen atoms in total. The van der Waals surface area contributed by atoms with E-state index >= 15 is 0 Å². The Morgan fingerprint density at radius 2 is 2.26 bits per heavy atom. The number of hydrogen-bond donors (Lipinski definition) is 2. The molecule has 7 heteroatoms. The minimum Gasteiger partial charge on any atom is -0.394 e. The second-order valence-corrected chi connectivity index (χ2v) is 4.65. The van der Waals surface area contributed by atoms with E-state index in [2.05, 4.69) is 10.4 Å². The Morgan fingerprint density at radius 1 is 1.63 bits per heavy atom. The second kappa shape index (κ2) is 6.20. The molecular weight excluding hydrogens is 246 g/mol. The van der Waals surface area contributed by atoms with Gasteiger partial charge in [-0.05, 0) is 20.8 Å². The van der Waals surface area contributed by atoms with Crippen molar-refractivity contribution >= 4 is 11.8 Å². The highest BCUT2D eigenvalue weighted by atomic mass is 16.3. The fourth-order valence-electron chi connectivity index (χ4n) is 1.34. The van der Waals surface area contributed by atoms with E-state index in [4.69, 9.17) is 10.4 Å². The quantitative estimate of drug-likeness (QED) is 0.854. The Bertz CT molecular complexity index is 489. The number of carbonyl (C=O) groups excluding carboxylic acids is 1. The Kier molecular flexibility index (Phi) is 4.89. The lowest BCUT2D eigenvalue weighted by Crippen LogP contribution is -2.40. The van der Waals surface area contributed by atoms with Crippen LogP contribution in [0.25, 0.3) is 0 Å². The predicted molar refractivity (Wildman–Crippen MR) is 70.7 cm³/mol. The van der Waals surface area contributed by atoms with Crippen LogP contribution in [0.3, 0.4) is 0 Å². The minimum atomic E-state index is -0.410. The molecule has 1 aromatic rings. The van der Waals surface area contributed by atoms with Crippen LogP contribution in [0, 0.1) is 11.3 Å². The first-order valence-electron chi connectivity index (χ1n) is 6.04. The molecule has 1 rings (SSSR count). The van der Waals surface area contributed by atoms with Crippen LogP contribution in [0.5, 0.6) is 0 Å². The van der Waals surface area contributed by atoms with Crippen LogP contribution in [-0.4, -0.2) is 45.5 Å². The van der Waals surface area contributed by atoms with Crippen molar-refractivity contribution in [2.75, 3.05) is 19.0 Å². The summed E-state index contributed by atoms with van der Waals surface area (Å²) in [4.78, 5) is 13.3. The predicted octanol–water partition coefficient (Wildman–Crippen LogP) is 1.18. The molecule has 1 unspecified atom stereocenters. The van der Waals surface area contributed by atoms with Crippen molar-refractivity contribution in [1.82, 2.24) is 14.7 Å². The lowest BCUT2D eigenvalue weighted by molar-refractivity contribution is 0.166. The van der Waals surface area contributed by atoms with Crippen LogP contribution in [0.15, 0.2) is 6.20 Å². The molecule has 0 bridgehead atoms. The number of nitrogens with one attached hydrogen (secondary N) is 1. The summed E-state index contributed by atoms with van der Waals surface area (Å²) < 4.78 is 1.61. The van der Waals surface area contributed by atoms with Gasteiger partial charge in [0.05, 0.1) is 12.6 Å². The first kappa shape index (κ1) is 15.0. The molecule has 0 aromatic carbocycles. The second-order valence-electron chi connectivity index (χ2n) is 4.65. The number of aliphatic hydroxyl groups excluding tert-OH is 1. The Labute approximate surface area is 112 Å². The zero-order chi connectivity index (χ0) is 14.6. The van der Waals surface area contributed by atoms with E-state index in [-0.39, 0.29) is 24.5 Å². The summed E-state index contributed by atoms with van der Waals surface area (Å²) in [6, 6.07) is 1.38. The number of anilines is 1. The van der Waals surface area contributed by atoms with Crippen molar-refractivity contribution < 1.29 is 9.90 Å². The number of rotatable bonds is 4. The normalized spacial score (nSPS) is 12.1. The van der Waals surface area contributed by atoms with Gasteiger partial charge >= 0.3 is 6.03 Å². The van der Waals surface area contributed by atoms with Crippen molar-refractivity contribution in [3.63, 3.8) is 0 Å². The molecule has 0 saturated heterocycles. The standard InChI is InChI=1S/C12H19N5O2/c1-8(2)17-6-10(5-13)11(15-17)14-12(19)16(4)9(3)7-18/h6,8-9,18H,7H2,1-4H3,(H,14,15,19). The van der Waals surface area contributed by atoms with Crippen LogP contribution >= 0.6 is 0 Å². The summed E-state index contributed by atoms with van der Waals surface area (Å²) in [5, 5.41) is 24.8. The SMILES string of the molecule is CC(CO)N(C)C(=O)Nc1nn(C(C)C)cc1C#N. The van der Waals surface area contributed by atoms with E-state index in [0.717, 1.165) is 0 Å². The number of nitriles is 1. The zero-order valence-electron chi connectivity index (χ0n) is 11.6. The molecule has 0 aliphatic carbocycles. The highest BCUT2D eigenvalue weighted by Gasteiger charge is 2.18. The topological polar surface area (TPSA) is 94.2 Å². The van der Waals surface area contributed by atoms with Gasteiger partial charge in [0.25, 0.3) is 0 Å². The highest BCUT2D eigenvalue weighted by Crippen LogP contribution is 2.15. The molecule has 0 saturated carbocycles. The fourth-order valence-corrected chi connectivity index (χ4v) is 1.34. The number of aliphatic hydroxyl groups is 1. The van der Waals surface area contributed by atoms with Gasteiger partial charge in [0.1, 0.15) is 11.6 Å². The van der Waals surface area contributed by atoms with Crippen molar-refractivity contribution in [2.24, 2.45) is 0 Å². The molecule has 19 heavy (non-hydrogen) atoms. The van der Waals surface area contributed by atoms with Crippen LogP contribution in [0.2, 0.25) is 0 Å². The van der Waals surface area contributed by atoms with Gasteiger partial charge in [0.15, 0.2) is 5.82 Å². The number of urea groups is 1. The first-order valence-corrected chi connectivity index (χ1v) is 6.04. The lowest BCUT2D eigenvalue weighted by atomic mass is 10.3. The van der Waals surface area contributed by atoms with Crippen molar-refractivity contribution in [1.29, 1.82) is 5.26 Å². The van der Waals surface area contributed by atoms with E-state index in [0.29, 0.717) is 5.56 Å². The first-order chi connectivity index (χ1) is 8.90. The molecule has 1 atom stereocenters. The van der Waals surface area contributed by atoms with E-state index in [9.17, 15) is 4.79 Å². The van der Waals surface area contributed by atoms with Gasteiger partial charge in [-0.1, -0.05) is 0 Å². The van der Waals surface area contributed by atoms with E-state index < -0.39 is 6.03 Å². The Morgan fingerprint density at radius 3 is 2.74 bits per heavy atom. The average Bonchev–Trinajstić information content (AvgIpc) is 2.80. The molecule has 0 radical (unpaired) electrons. The van der Waals surface area contributed by atoms with Gasteiger partial charge in [-0.15, -0.1) is 0 Å². The molecule has 104 valence electrons. The summed E-state index contributed by atoms with van der Waals surface area (Å²) in [5.41, 5.74) is 0.312. The number of aromatic nitrogens is 2. The molecule has 2 N–H and O–H groups in total. The summed E-state index contributed by atoms with van der Waals surface area (Å²) in [6.07, 6.45) is 1.59. The maximum atomic E-state index is 11.9. The van der Waals surface area contributed by atoms with Gasteiger partial charge < -0.3 is 10.0 Å². The van der Waals surface area contributed by atoms with Crippen LogP contribution in [0.1, 0.15) is 32.4 Å². The smallest absolute Gasteiger partial charge is 0.323 e. The van der Waals surface area contributed by atoms with Crippen molar-refractivity contribution in [3.05, 3.63) is 11.8 Å². The average molecular weight is 265 g/mol. The number of carbonyl (C=O) groups is 1. The number of amides is 2. The van der Waals surface area contributed by atoms with Crippen molar-refractivity contribution in [2.45, 2.75) is 32.9 Å². The van der Waals surface area contributed by atoms with Gasteiger partial charge in [0.2, 0.25) is 0 Å². The highest BCUT2D eigenvalue weighted by molar-refractivity contribution is 5.89. The molecule has 1 heterocycles. The van der Waals surface area contributed by atoms with Gasteiger partial charge in [-0.3, -0.25) is 10.00 Å². The van der Waals surface area contributed by atoms with Gasteiger partial charge in [-0.2, -0.15) is 10.4 Å². The molecule has 0 aliphatic rings. The van der Waals surface area contributed by atoms with E-state index in [1.807, 2.05) is 19.9 Å². The monoisotopic (exact) mass is 265 g/mol. The molecule has 0 aliphatic heterocycles. The number of nitrogens with zero attached hydrogens (tertiary/aromatic N) is 4. The Hall–Kier alpha value is -2.07. The van der Waals surface area contributed by atoms with Crippen molar-refractivity contribution in [3.8, 4) is 6.07 Å². The van der Waals surface area contributed by atoms with Gasteiger partial charge in [-0.25, -0.2) is 4.79 Å². The van der Waals surface area contributed by atoms with Gasteiger partial charge in [0, 0.05) is 19.3 Å². The van der Waals surface area contributed by atoms with E-state index in [1.165, 1.54) is 4.90 Å². The Balaban J connectivity index is 2.88. The third-order valence-corrected chi connectivity index (χ3v) is 2.85. The lowest BCUT2D eigenvalue weighted by Gasteiger charge is -2.22. The largest absolute Gasteiger partial charge is 0.394 e. The summed E-state index contributed by atoms with van der Waals surface area (Å²) in [6.45, 7) is 5.45. The minimum absolute atomic E-state index is 0.104. The summed E-state index contributed by atoms with van der Waals surface area (Å²) in [5.74, 6) is 0.234. The third-order valence-electron chi connectivity index (χ3n) is 2.85. The third kappa shape index (κ3) is 3.45. The fraction of sp³-hybridized carbons (Fsp3) is 0.583. The molecular formula is C12H19N5O2. The maximum absolute atomic E-state index is 11.9. The molecule has 0 fully saturated rings. The van der Waals surface area contributed by atoms with Crippen LogP contribution in [-0.2, 0) is 0 Å². The molecule has 0 spiro atoms. The summed E-state index contributed by atoms with van der Waals surface area (Å²) >= 11 is 0. The molecule has 1 aromatic heterocycles. The molecule has 2 amide bonds.